The Labute approximate surface area is 122 Å². The van der Waals surface area contributed by atoms with Gasteiger partial charge in [0, 0.05) is 37.4 Å². The minimum Gasteiger partial charge on any atom is -0.355 e. The smallest absolute Gasteiger partial charge is 0.133 e. The molecule has 110 valence electrons. The van der Waals surface area contributed by atoms with Crippen LogP contribution in [-0.4, -0.2) is 43.1 Å². The Kier molecular flexibility index (Phi) is 4.22. The second kappa shape index (κ2) is 6.10. The minimum atomic E-state index is 0.599. The molecule has 1 fully saturated rings. The van der Waals surface area contributed by atoms with E-state index in [4.69, 9.17) is 10.7 Å². The van der Waals surface area contributed by atoms with Gasteiger partial charge >= 0.3 is 0 Å². The number of likely N-dealkylation sites (N-methyl/N-ethyl adjacent to an activating group) is 1. The molecule has 1 aromatic heterocycles. The molecular weight excluding hydrogens is 248 g/mol. The van der Waals surface area contributed by atoms with E-state index in [0.29, 0.717) is 6.54 Å². The molecule has 0 bridgehead atoms. The van der Waals surface area contributed by atoms with Crippen LogP contribution in [0.4, 0.5) is 5.82 Å². The first-order chi connectivity index (χ1) is 9.78. The van der Waals surface area contributed by atoms with E-state index in [-0.39, 0.29) is 0 Å². The van der Waals surface area contributed by atoms with E-state index in [2.05, 4.69) is 22.9 Å². The largest absolute Gasteiger partial charge is 0.355 e. The van der Waals surface area contributed by atoms with Gasteiger partial charge in [0.25, 0.3) is 0 Å². The zero-order chi connectivity index (χ0) is 13.9. The number of nitrogens with zero attached hydrogens (tertiary/aromatic N) is 3. The van der Waals surface area contributed by atoms with E-state index < -0.39 is 0 Å². The lowest BCUT2D eigenvalue weighted by molar-refractivity contribution is 0.360. The molecule has 20 heavy (non-hydrogen) atoms. The average molecular weight is 274 g/mol. The highest BCUT2D eigenvalue weighted by atomic mass is 15.2. The van der Waals surface area contributed by atoms with Gasteiger partial charge in [-0.05, 0) is 57.3 Å². The van der Waals surface area contributed by atoms with Crippen molar-refractivity contribution in [2.75, 3.05) is 38.1 Å². The van der Waals surface area contributed by atoms with Gasteiger partial charge in [-0.15, -0.1) is 0 Å². The Morgan fingerprint density at radius 2 is 1.95 bits per heavy atom. The summed E-state index contributed by atoms with van der Waals surface area (Å²) in [5.41, 5.74) is 9.97. The number of hydrogen-bond donors (Lipinski definition) is 1. The fourth-order valence-corrected chi connectivity index (χ4v) is 3.35. The molecule has 0 aromatic carbocycles. The number of anilines is 1. The molecule has 1 aliphatic heterocycles. The average Bonchev–Trinajstić information content (AvgIpc) is 2.70. The summed E-state index contributed by atoms with van der Waals surface area (Å²) in [5, 5.41) is 0. The number of rotatable bonds is 2. The van der Waals surface area contributed by atoms with Crippen molar-refractivity contribution in [2.24, 2.45) is 5.73 Å². The van der Waals surface area contributed by atoms with E-state index in [9.17, 15) is 0 Å². The predicted molar refractivity (Wildman–Crippen MR) is 83.1 cm³/mol. The molecule has 2 aliphatic rings. The summed E-state index contributed by atoms with van der Waals surface area (Å²) in [5.74, 6) is 1.16. The van der Waals surface area contributed by atoms with Crippen LogP contribution < -0.4 is 10.6 Å². The number of hydrogen-bond acceptors (Lipinski definition) is 4. The Morgan fingerprint density at radius 3 is 2.80 bits per heavy atom. The maximum atomic E-state index is 5.98. The van der Waals surface area contributed by atoms with Gasteiger partial charge in [-0.25, -0.2) is 4.98 Å². The summed E-state index contributed by atoms with van der Waals surface area (Å²) >= 11 is 0. The van der Waals surface area contributed by atoms with Crippen molar-refractivity contribution in [2.45, 2.75) is 38.6 Å². The molecule has 1 saturated heterocycles. The van der Waals surface area contributed by atoms with E-state index >= 15 is 0 Å². The summed E-state index contributed by atoms with van der Waals surface area (Å²) in [6.45, 7) is 5.06. The molecule has 4 nitrogen and oxygen atoms in total. The molecule has 2 heterocycles. The van der Waals surface area contributed by atoms with Gasteiger partial charge in [0.2, 0.25) is 0 Å². The Bertz CT molecular complexity index is 472. The van der Waals surface area contributed by atoms with E-state index in [0.717, 1.165) is 31.9 Å². The van der Waals surface area contributed by atoms with Crippen molar-refractivity contribution in [3.8, 4) is 0 Å². The maximum Gasteiger partial charge on any atom is 0.133 e. The van der Waals surface area contributed by atoms with Gasteiger partial charge < -0.3 is 15.5 Å². The van der Waals surface area contributed by atoms with Crippen LogP contribution >= 0.6 is 0 Å². The van der Waals surface area contributed by atoms with Crippen LogP contribution in [0.25, 0.3) is 0 Å². The standard InChI is InChI=1S/C16H26N4/c1-19-7-4-8-20(10-9-19)16-14(12-17)11-13-5-2-3-6-15(13)18-16/h11H,2-10,12,17H2,1H3. The number of pyridine rings is 1. The summed E-state index contributed by atoms with van der Waals surface area (Å²) in [6, 6.07) is 2.32. The van der Waals surface area contributed by atoms with Crippen LogP contribution in [0.5, 0.6) is 0 Å². The lowest BCUT2D eigenvalue weighted by Crippen LogP contribution is -2.31. The van der Waals surface area contributed by atoms with Crippen molar-refractivity contribution in [1.29, 1.82) is 0 Å². The molecule has 0 amide bonds. The van der Waals surface area contributed by atoms with Crippen molar-refractivity contribution in [3.05, 3.63) is 22.9 Å². The van der Waals surface area contributed by atoms with E-state index in [1.807, 2.05) is 0 Å². The zero-order valence-corrected chi connectivity index (χ0v) is 12.6. The molecule has 0 saturated carbocycles. The summed E-state index contributed by atoms with van der Waals surface area (Å²) < 4.78 is 0. The number of fused-ring (bicyclic) bond motifs is 1. The number of aryl methyl sites for hydroxylation is 2. The van der Waals surface area contributed by atoms with Gasteiger partial charge in [0.1, 0.15) is 5.82 Å². The molecule has 0 atom stereocenters. The number of nitrogens with two attached hydrogens (primary N) is 1. The first kappa shape index (κ1) is 13.8. The molecule has 1 aromatic rings. The normalized spacial score (nSPS) is 20.6. The van der Waals surface area contributed by atoms with Crippen molar-refractivity contribution in [1.82, 2.24) is 9.88 Å². The van der Waals surface area contributed by atoms with Crippen molar-refractivity contribution in [3.63, 3.8) is 0 Å². The molecule has 4 heteroatoms. The molecular formula is C16H26N4. The van der Waals surface area contributed by atoms with Crippen LogP contribution in [-0.2, 0) is 19.4 Å². The summed E-state index contributed by atoms with van der Waals surface area (Å²) in [7, 11) is 2.20. The zero-order valence-electron chi connectivity index (χ0n) is 12.6. The topological polar surface area (TPSA) is 45.4 Å². The third-order valence-electron chi connectivity index (χ3n) is 4.60. The summed E-state index contributed by atoms with van der Waals surface area (Å²) in [4.78, 5) is 9.85. The predicted octanol–water partition coefficient (Wildman–Crippen LogP) is 1.56. The third kappa shape index (κ3) is 2.81. The van der Waals surface area contributed by atoms with Crippen LogP contribution in [0.1, 0.15) is 36.1 Å². The van der Waals surface area contributed by atoms with E-state index in [1.165, 1.54) is 49.0 Å². The van der Waals surface area contributed by atoms with E-state index in [1.54, 1.807) is 0 Å². The fraction of sp³-hybridized carbons (Fsp3) is 0.688. The maximum absolute atomic E-state index is 5.98. The van der Waals surface area contributed by atoms with Gasteiger partial charge in [0.15, 0.2) is 0 Å². The second-order valence-corrected chi connectivity index (χ2v) is 6.13. The Hall–Kier alpha value is -1.13. The van der Waals surface area contributed by atoms with Crippen LogP contribution in [0, 0.1) is 0 Å². The van der Waals surface area contributed by atoms with Crippen molar-refractivity contribution >= 4 is 5.82 Å². The van der Waals surface area contributed by atoms with Crippen LogP contribution in [0.2, 0.25) is 0 Å². The first-order valence-corrected chi connectivity index (χ1v) is 7.93. The molecule has 1 aliphatic carbocycles. The molecule has 0 spiro atoms. The van der Waals surface area contributed by atoms with Gasteiger partial charge in [-0.2, -0.15) is 0 Å². The van der Waals surface area contributed by atoms with Crippen molar-refractivity contribution < 1.29 is 0 Å². The first-order valence-electron chi connectivity index (χ1n) is 7.93. The second-order valence-electron chi connectivity index (χ2n) is 6.13. The van der Waals surface area contributed by atoms with Gasteiger partial charge in [-0.1, -0.05) is 0 Å². The highest BCUT2D eigenvalue weighted by Gasteiger charge is 2.20. The Morgan fingerprint density at radius 1 is 1.10 bits per heavy atom. The highest BCUT2D eigenvalue weighted by molar-refractivity contribution is 5.50. The summed E-state index contributed by atoms with van der Waals surface area (Å²) in [6.07, 6.45) is 6.11. The SMILES string of the molecule is CN1CCCN(c2nc3c(cc2CN)CCCC3)CC1. The van der Waals surface area contributed by atoms with Crippen LogP contribution in [0.15, 0.2) is 6.07 Å². The molecule has 0 radical (unpaired) electrons. The van der Waals surface area contributed by atoms with Gasteiger partial charge in [-0.3, -0.25) is 0 Å². The lowest BCUT2D eigenvalue weighted by Gasteiger charge is -2.27. The fourth-order valence-electron chi connectivity index (χ4n) is 3.35. The Balaban J connectivity index is 1.90. The molecule has 3 rings (SSSR count). The quantitative estimate of drug-likeness (QED) is 0.889. The minimum absolute atomic E-state index is 0.599. The van der Waals surface area contributed by atoms with Gasteiger partial charge in [0.05, 0.1) is 0 Å². The third-order valence-corrected chi connectivity index (χ3v) is 4.60. The molecule has 0 unspecified atom stereocenters. The number of aromatic nitrogens is 1. The molecule has 2 N–H and O–H groups in total. The lowest BCUT2D eigenvalue weighted by atomic mass is 9.94. The van der Waals surface area contributed by atoms with Crippen LogP contribution in [0.3, 0.4) is 0 Å². The monoisotopic (exact) mass is 274 g/mol. The highest BCUT2D eigenvalue weighted by Crippen LogP contribution is 2.27.